The topological polar surface area (TPSA) is 99.6 Å². The number of hydrogen-bond acceptors (Lipinski definition) is 6. The minimum Gasteiger partial charge on any atom is -0.397 e. The second-order valence-corrected chi connectivity index (χ2v) is 4.57. The Morgan fingerprint density at radius 2 is 2.42 bits per heavy atom. The molecule has 1 fully saturated rings. The average Bonchev–Trinajstić information content (AvgIpc) is 2.86. The van der Waals surface area contributed by atoms with Crippen LogP contribution in [-0.2, 0) is 9.47 Å². The molecule has 0 bridgehead atoms. The molecular formula is C12H17N3O4. The molecule has 0 radical (unpaired) electrons. The fraction of sp³-hybridized carbons (Fsp3) is 0.500. The molecule has 1 heterocycles. The molecule has 3 N–H and O–H groups in total. The number of nitrogens with one attached hydrogen (secondary N) is 1. The van der Waals surface area contributed by atoms with Gasteiger partial charge < -0.3 is 20.5 Å². The van der Waals surface area contributed by atoms with E-state index in [4.69, 9.17) is 15.2 Å². The van der Waals surface area contributed by atoms with Crippen LogP contribution in [-0.4, -0.2) is 37.4 Å². The zero-order valence-electron chi connectivity index (χ0n) is 10.7. The van der Waals surface area contributed by atoms with Crippen LogP contribution in [0.5, 0.6) is 0 Å². The maximum atomic E-state index is 10.6. The van der Waals surface area contributed by atoms with Gasteiger partial charge in [0, 0.05) is 38.8 Å². The predicted octanol–water partition coefficient (Wildman–Crippen LogP) is 1.39. The number of benzene rings is 1. The van der Waals surface area contributed by atoms with E-state index in [0.717, 1.165) is 6.42 Å². The first-order chi connectivity index (χ1) is 9.06. The van der Waals surface area contributed by atoms with Crippen molar-refractivity contribution in [3.63, 3.8) is 0 Å². The van der Waals surface area contributed by atoms with Gasteiger partial charge in [-0.25, -0.2) is 0 Å². The Kier molecular flexibility index (Phi) is 3.87. The highest BCUT2D eigenvalue weighted by Crippen LogP contribution is 2.27. The van der Waals surface area contributed by atoms with Gasteiger partial charge in [0.2, 0.25) is 0 Å². The third-order valence-corrected chi connectivity index (χ3v) is 3.35. The van der Waals surface area contributed by atoms with Crippen molar-refractivity contribution < 1.29 is 14.4 Å². The van der Waals surface area contributed by atoms with Crippen LogP contribution in [0.4, 0.5) is 17.1 Å². The van der Waals surface area contributed by atoms with Gasteiger partial charge in [0.25, 0.3) is 5.69 Å². The van der Waals surface area contributed by atoms with Gasteiger partial charge in [-0.1, -0.05) is 0 Å². The summed E-state index contributed by atoms with van der Waals surface area (Å²) in [7, 11) is 1.65. The number of nitrogens with zero attached hydrogens (tertiary/aromatic N) is 1. The van der Waals surface area contributed by atoms with E-state index >= 15 is 0 Å². The van der Waals surface area contributed by atoms with Crippen molar-refractivity contribution >= 4 is 17.1 Å². The van der Waals surface area contributed by atoms with Crippen molar-refractivity contribution in [2.75, 3.05) is 37.9 Å². The van der Waals surface area contributed by atoms with Gasteiger partial charge >= 0.3 is 0 Å². The first-order valence-electron chi connectivity index (χ1n) is 5.97. The summed E-state index contributed by atoms with van der Waals surface area (Å²) in [5, 5.41) is 13.8. The number of non-ortho nitro benzene ring substituents is 1. The van der Waals surface area contributed by atoms with Gasteiger partial charge in [0.05, 0.1) is 22.9 Å². The number of anilines is 2. The lowest BCUT2D eigenvalue weighted by atomic mass is 10.0. The standard InChI is InChI=1S/C12H17N3O4/c1-18-12(4-5-19-8-12)7-14-11-3-2-9(15(16)17)6-10(11)13/h2-3,6,14H,4-5,7-8,13H2,1H3. The Morgan fingerprint density at radius 1 is 1.63 bits per heavy atom. The normalized spacial score (nSPS) is 22.4. The summed E-state index contributed by atoms with van der Waals surface area (Å²) in [6, 6.07) is 4.36. The minimum atomic E-state index is -0.471. The molecule has 0 aliphatic carbocycles. The summed E-state index contributed by atoms with van der Waals surface area (Å²) >= 11 is 0. The van der Waals surface area contributed by atoms with E-state index in [0.29, 0.717) is 31.1 Å². The monoisotopic (exact) mass is 267 g/mol. The fourth-order valence-electron chi connectivity index (χ4n) is 2.04. The Balaban J connectivity index is 2.05. The molecule has 1 aliphatic heterocycles. The first-order valence-corrected chi connectivity index (χ1v) is 5.97. The van der Waals surface area contributed by atoms with Crippen molar-refractivity contribution in [1.29, 1.82) is 0 Å². The molecule has 1 aromatic carbocycles. The van der Waals surface area contributed by atoms with Crippen molar-refractivity contribution in [1.82, 2.24) is 0 Å². The van der Waals surface area contributed by atoms with Crippen LogP contribution in [0, 0.1) is 10.1 Å². The second kappa shape index (κ2) is 5.41. The lowest BCUT2D eigenvalue weighted by molar-refractivity contribution is -0.384. The lowest BCUT2D eigenvalue weighted by Crippen LogP contribution is -2.39. The third kappa shape index (κ3) is 2.94. The Bertz CT molecular complexity index is 472. The van der Waals surface area contributed by atoms with Crippen molar-refractivity contribution in [2.24, 2.45) is 0 Å². The summed E-state index contributed by atoms with van der Waals surface area (Å²) < 4.78 is 10.8. The number of nitro groups is 1. The molecule has 0 saturated carbocycles. The zero-order chi connectivity index (χ0) is 13.9. The summed E-state index contributed by atoms with van der Waals surface area (Å²) in [4.78, 5) is 10.2. The maximum absolute atomic E-state index is 10.6. The molecule has 1 atom stereocenters. The summed E-state index contributed by atoms with van der Waals surface area (Å²) in [6.07, 6.45) is 0.809. The number of rotatable bonds is 5. The van der Waals surface area contributed by atoms with Crippen LogP contribution in [0.3, 0.4) is 0 Å². The van der Waals surface area contributed by atoms with Crippen LogP contribution in [0.1, 0.15) is 6.42 Å². The molecule has 7 nitrogen and oxygen atoms in total. The molecule has 0 amide bonds. The smallest absolute Gasteiger partial charge is 0.271 e. The molecule has 1 aliphatic rings. The maximum Gasteiger partial charge on any atom is 0.271 e. The lowest BCUT2D eigenvalue weighted by Gasteiger charge is -2.26. The molecule has 1 saturated heterocycles. The Hall–Kier alpha value is -1.86. The summed E-state index contributed by atoms with van der Waals surface area (Å²) in [6.45, 7) is 1.75. The Labute approximate surface area is 110 Å². The number of nitrogen functional groups attached to an aromatic ring is 1. The number of ether oxygens (including phenoxy) is 2. The summed E-state index contributed by atoms with van der Waals surface area (Å²) in [5.41, 5.74) is 6.42. The predicted molar refractivity (Wildman–Crippen MR) is 71.2 cm³/mol. The highest BCUT2D eigenvalue weighted by molar-refractivity contribution is 5.69. The van der Waals surface area contributed by atoms with E-state index in [-0.39, 0.29) is 11.3 Å². The number of nitro benzene ring substituents is 1. The van der Waals surface area contributed by atoms with Crippen LogP contribution in [0.15, 0.2) is 18.2 Å². The fourth-order valence-corrected chi connectivity index (χ4v) is 2.04. The van der Waals surface area contributed by atoms with E-state index < -0.39 is 4.92 Å². The highest BCUT2D eigenvalue weighted by atomic mass is 16.6. The summed E-state index contributed by atoms with van der Waals surface area (Å²) in [5.74, 6) is 0. The van der Waals surface area contributed by atoms with E-state index in [1.54, 1.807) is 13.2 Å². The van der Waals surface area contributed by atoms with Crippen molar-refractivity contribution in [3.8, 4) is 0 Å². The number of nitrogens with two attached hydrogens (primary N) is 1. The molecular weight excluding hydrogens is 250 g/mol. The van der Waals surface area contributed by atoms with Gasteiger partial charge in [0.15, 0.2) is 0 Å². The van der Waals surface area contributed by atoms with Gasteiger partial charge in [-0.2, -0.15) is 0 Å². The third-order valence-electron chi connectivity index (χ3n) is 3.35. The highest BCUT2D eigenvalue weighted by Gasteiger charge is 2.34. The molecule has 0 spiro atoms. The molecule has 104 valence electrons. The molecule has 1 unspecified atom stereocenters. The van der Waals surface area contributed by atoms with Crippen LogP contribution in [0.25, 0.3) is 0 Å². The van der Waals surface area contributed by atoms with E-state index in [9.17, 15) is 10.1 Å². The van der Waals surface area contributed by atoms with Crippen LogP contribution in [0.2, 0.25) is 0 Å². The van der Waals surface area contributed by atoms with E-state index in [1.165, 1.54) is 12.1 Å². The SMILES string of the molecule is COC1(CNc2ccc([N+](=O)[O-])cc2N)CCOC1. The van der Waals surface area contributed by atoms with E-state index in [1.807, 2.05) is 0 Å². The van der Waals surface area contributed by atoms with Gasteiger partial charge in [0.1, 0.15) is 5.60 Å². The molecule has 2 rings (SSSR count). The van der Waals surface area contributed by atoms with Crippen LogP contribution < -0.4 is 11.1 Å². The quantitative estimate of drug-likeness (QED) is 0.475. The van der Waals surface area contributed by atoms with Gasteiger partial charge in [-0.05, 0) is 6.07 Å². The van der Waals surface area contributed by atoms with E-state index in [2.05, 4.69) is 5.32 Å². The van der Waals surface area contributed by atoms with Crippen LogP contribution >= 0.6 is 0 Å². The molecule has 19 heavy (non-hydrogen) atoms. The average molecular weight is 267 g/mol. The number of methoxy groups -OCH3 is 1. The molecule has 7 heteroatoms. The number of hydrogen-bond donors (Lipinski definition) is 2. The molecule has 0 aromatic heterocycles. The largest absolute Gasteiger partial charge is 0.397 e. The van der Waals surface area contributed by atoms with Gasteiger partial charge in [-0.15, -0.1) is 0 Å². The van der Waals surface area contributed by atoms with Crippen molar-refractivity contribution in [2.45, 2.75) is 12.0 Å². The second-order valence-electron chi connectivity index (χ2n) is 4.57. The zero-order valence-corrected chi connectivity index (χ0v) is 10.7. The minimum absolute atomic E-state index is 0.0197. The van der Waals surface area contributed by atoms with Crippen molar-refractivity contribution in [3.05, 3.63) is 28.3 Å². The molecule has 1 aromatic rings. The van der Waals surface area contributed by atoms with Gasteiger partial charge in [-0.3, -0.25) is 10.1 Å². The Morgan fingerprint density at radius 3 is 2.95 bits per heavy atom. The first kappa shape index (κ1) is 13.6.